The van der Waals surface area contributed by atoms with E-state index in [0.29, 0.717) is 12.2 Å². The van der Waals surface area contributed by atoms with Crippen LogP contribution in [0.3, 0.4) is 0 Å². The van der Waals surface area contributed by atoms with Crippen molar-refractivity contribution in [2.45, 2.75) is 163 Å². The molecule has 14 atom stereocenters. The van der Waals surface area contributed by atoms with Crippen LogP contribution >= 0.6 is 23.5 Å². The van der Waals surface area contributed by atoms with E-state index in [4.69, 9.17) is 47.6 Å². The summed E-state index contributed by atoms with van der Waals surface area (Å²) in [5.74, 6) is 2.50. The Kier molecular flexibility index (Phi) is 17.5. The second-order valence-corrected chi connectivity index (χ2v) is 15.1. The predicted molar refractivity (Wildman–Crippen MR) is 177 cm³/mol. The van der Waals surface area contributed by atoms with Crippen LogP contribution in [0.25, 0.3) is 0 Å². The number of rotatable bonds is 18. The molecule has 3 aliphatic rings. The van der Waals surface area contributed by atoms with Gasteiger partial charge in [0.05, 0.1) is 41.7 Å². The molecule has 3 fully saturated rings. The number of ether oxygens (including phenoxy) is 4. The first-order valence-electron chi connectivity index (χ1n) is 16.7. The van der Waals surface area contributed by atoms with E-state index in [0.717, 1.165) is 37.2 Å². The van der Waals surface area contributed by atoms with Gasteiger partial charge in [-0.25, -0.2) is 0 Å². The van der Waals surface area contributed by atoms with Gasteiger partial charge in [0.25, 0.3) is 0 Å². The summed E-state index contributed by atoms with van der Waals surface area (Å²) in [6.45, 7) is 4.48. The lowest BCUT2D eigenvalue weighted by molar-refractivity contribution is -0.292. The molecule has 0 bridgehead atoms. The van der Waals surface area contributed by atoms with Crippen LogP contribution < -0.4 is 28.7 Å². The lowest BCUT2D eigenvalue weighted by Gasteiger charge is -2.48. The first kappa shape index (κ1) is 38.7. The maximum atomic E-state index is 11.5. The average Bonchev–Trinajstić information content (AvgIpc) is 2.99. The van der Waals surface area contributed by atoms with Gasteiger partial charge in [-0.3, -0.25) is 0 Å². The number of unbranched alkanes of at least 4 members (excludes halogenated alkanes) is 6. The monoisotopic (exact) mass is 667 g/mol. The largest absolute Gasteiger partial charge is 0.390 e. The molecule has 12 nitrogen and oxygen atoms in total. The topological polar surface area (TPSA) is 228 Å². The Bertz CT molecular complexity index is 798. The number of hydrogen-bond donors (Lipinski definition) is 8. The summed E-state index contributed by atoms with van der Waals surface area (Å²) in [7, 11) is 0. The van der Waals surface area contributed by atoms with Gasteiger partial charge in [0.15, 0.2) is 12.6 Å². The molecule has 3 rings (SSSR count). The fraction of sp³-hybridized carbons (Fsp3) is 1.00. The molecule has 0 aromatic rings. The molecular weight excluding hydrogens is 606 g/mol. The van der Waals surface area contributed by atoms with Crippen LogP contribution in [0.5, 0.6) is 0 Å². The van der Waals surface area contributed by atoms with Crippen molar-refractivity contribution in [2.24, 2.45) is 28.7 Å². The molecule has 0 aromatic carbocycles. The third-order valence-electron chi connectivity index (χ3n) is 8.93. The van der Waals surface area contributed by atoms with E-state index in [1.165, 1.54) is 25.7 Å². The molecule has 44 heavy (non-hydrogen) atoms. The van der Waals surface area contributed by atoms with Crippen molar-refractivity contribution >= 4 is 23.5 Å². The van der Waals surface area contributed by atoms with Gasteiger partial charge in [-0.2, -0.15) is 23.5 Å². The summed E-state index contributed by atoms with van der Waals surface area (Å²) in [6, 6.07) is -2.48. The van der Waals surface area contributed by atoms with Gasteiger partial charge < -0.3 is 62.9 Å². The van der Waals surface area contributed by atoms with Crippen molar-refractivity contribution < 1.29 is 34.3 Å². The van der Waals surface area contributed by atoms with Gasteiger partial charge in [0, 0.05) is 24.4 Å². The molecule has 14 heteroatoms. The van der Waals surface area contributed by atoms with Gasteiger partial charge in [-0.05, 0) is 37.2 Å². The first-order valence-corrected chi connectivity index (χ1v) is 18.9. The zero-order valence-corrected chi connectivity index (χ0v) is 28.3. The maximum absolute atomic E-state index is 11.5. The number of thioether (sulfide) groups is 2. The van der Waals surface area contributed by atoms with E-state index in [-0.39, 0.29) is 18.2 Å². The highest BCUT2D eigenvalue weighted by Gasteiger charge is 2.50. The first-order chi connectivity index (χ1) is 21.1. The SMILES string of the molecule is CCCCCCSC[C@H]1O[C@H](O[C@@H]2[C@@H](O)[C@H](O[C@H]3O[C@H](CN)[C@@H](O)C[C@H]3N)[C@@H](N)C[C@H]2N)[C@@H](N)[C@H](SCCCCCC)[C@@H]1O. The fourth-order valence-electron chi connectivity index (χ4n) is 6.19. The van der Waals surface area contributed by atoms with Crippen LogP contribution in [-0.2, 0) is 18.9 Å². The van der Waals surface area contributed by atoms with Crippen molar-refractivity contribution in [2.75, 3.05) is 23.8 Å². The second kappa shape index (κ2) is 19.9. The predicted octanol–water partition coefficient (Wildman–Crippen LogP) is 0.347. The van der Waals surface area contributed by atoms with E-state index >= 15 is 0 Å². The lowest BCUT2D eigenvalue weighted by Crippen LogP contribution is -2.68. The smallest absolute Gasteiger partial charge is 0.174 e. The molecule has 0 unspecified atom stereocenters. The summed E-state index contributed by atoms with van der Waals surface area (Å²) in [4.78, 5) is 0. The van der Waals surface area contributed by atoms with Gasteiger partial charge >= 0.3 is 0 Å². The molecule has 0 aromatic heterocycles. The highest BCUT2D eigenvalue weighted by atomic mass is 32.2. The molecule has 1 aliphatic carbocycles. The summed E-state index contributed by atoms with van der Waals surface area (Å²) >= 11 is 3.44. The van der Waals surface area contributed by atoms with Crippen LogP contribution in [0.2, 0.25) is 0 Å². The molecule has 2 aliphatic heterocycles. The highest BCUT2D eigenvalue weighted by molar-refractivity contribution is 8.00. The number of hydrogen-bond acceptors (Lipinski definition) is 14. The Labute approximate surface area is 272 Å². The minimum Gasteiger partial charge on any atom is -0.390 e. The van der Waals surface area contributed by atoms with Crippen molar-refractivity contribution in [1.29, 1.82) is 0 Å². The summed E-state index contributed by atoms with van der Waals surface area (Å²) in [6.07, 6.45) is 2.35. The molecular formula is C30H61N5O7S2. The molecule has 1 saturated carbocycles. The van der Waals surface area contributed by atoms with Crippen LogP contribution in [0.1, 0.15) is 78.1 Å². The zero-order chi connectivity index (χ0) is 32.2. The Hall–Kier alpha value is 0.220. The normalized spacial score (nSPS) is 41.6. The van der Waals surface area contributed by atoms with Gasteiger partial charge in [-0.15, -0.1) is 0 Å². The zero-order valence-electron chi connectivity index (χ0n) is 26.7. The second-order valence-electron chi connectivity index (χ2n) is 12.6. The van der Waals surface area contributed by atoms with Gasteiger partial charge in [-0.1, -0.05) is 52.4 Å². The Morgan fingerprint density at radius 3 is 1.91 bits per heavy atom. The summed E-state index contributed by atoms with van der Waals surface area (Å²) < 4.78 is 24.7. The Morgan fingerprint density at radius 1 is 0.705 bits per heavy atom. The van der Waals surface area contributed by atoms with Crippen LogP contribution in [0, 0.1) is 0 Å². The van der Waals surface area contributed by atoms with Crippen LogP contribution in [0.15, 0.2) is 0 Å². The van der Waals surface area contributed by atoms with Crippen molar-refractivity contribution in [3.8, 4) is 0 Å². The molecule has 260 valence electrons. The molecule has 2 saturated heterocycles. The Balaban J connectivity index is 1.69. The van der Waals surface area contributed by atoms with Crippen LogP contribution in [-0.4, -0.2) is 124 Å². The maximum Gasteiger partial charge on any atom is 0.174 e. The lowest BCUT2D eigenvalue weighted by atomic mass is 9.84. The van der Waals surface area contributed by atoms with Crippen molar-refractivity contribution in [3.63, 3.8) is 0 Å². The molecule has 0 spiro atoms. The molecule has 0 amide bonds. The molecule has 13 N–H and O–H groups in total. The average molecular weight is 668 g/mol. The third-order valence-corrected chi connectivity index (χ3v) is 11.6. The Morgan fingerprint density at radius 2 is 1.30 bits per heavy atom. The minimum atomic E-state index is -1.22. The minimum absolute atomic E-state index is 0.0996. The van der Waals surface area contributed by atoms with E-state index < -0.39 is 79.5 Å². The molecule has 2 heterocycles. The highest BCUT2D eigenvalue weighted by Crippen LogP contribution is 2.35. The van der Waals surface area contributed by atoms with Crippen molar-refractivity contribution in [3.05, 3.63) is 0 Å². The quantitative estimate of drug-likeness (QED) is 0.0923. The van der Waals surface area contributed by atoms with E-state index in [9.17, 15) is 15.3 Å². The molecule has 0 radical (unpaired) electrons. The van der Waals surface area contributed by atoms with Gasteiger partial charge in [0.1, 0.15) is 18.3 Å². The van der Waals surface area contributed by atoms with Crippen molar-refractivity contribution in [1.82, 2.24) is 0 Å². The number of nitrogens with two attached hydrogens (primary N) is 5. The van der Waals surface area contributed by atoms with E-state index in [2.05, 4.69) is 13.8 Å². The van der Waals surface area contributed by atoms with E-state index in [1.807, 2.05) is 0 Å². The van der Waals surface area contributed by atoms with Crippen LogP contribution in [0.4, 0.5) is 0 Å². The van der Waals surface area contributed by atoms with Gasteiger partial charge in [0.2, 0.25) is 0 Å². The standard InChI is InChI=1S/C30H61N5O7S2/c1-3-5-7-9-11-43-16-22-24(37)28(44-12-10-8-6-4-2)23(35)30(40-22)42-27-18(33)13-17(32)26(25(27)38)41-29-19(34)14-20(36)21(15-31)39-29/h17-30,36-38H,3-16,31-35H2,1-2H3/t17-,18+,19+,20-,21+,22+,23-,24+,25-,26+,27-,28-,29+,30+/m0/s1. The third kappa shape index (κ3) is 10.9. The summed E-state index contributed by atoms with van der Waals surface area (Å²) in [5, 5.41) is 32.8. The van der Waals surface area contributed by atoms with E-state index in [1.54, 1.807) is 23.5 Å². The fourth-order valence-corrected chi connectivity index (χ4v) is 8.64. The number of aliphatic hydroxyl groups excluding tert-OH is 3. The summed E-state index contributed by atoms with van der Waals surface area (Å²) in [5.41, 5.74) is 31.6. The number of aliphatic hydroxyl groups is 3.